The van der Waals surface area contributed by atoms with Gasteiger partial charge in [-0.05, 0) is 31.5 Å². The van der Waals surface area contributed by atoms with E-state index in [0.29, 0.717) is 22.0 Å². The Hall–Kier alpha value is -1.46. The predicted octanol–water partition coefficient (Wildman–Crippen LogP) is 2.64. The highest BCUT2D eigenvalue weighted by Crippen LogP contribution is 2.20. The third kappa shape index (κ3) is 3.75. The smallest absolute Gasteiger partial charge is 0.252 e. The fraction of sp³-hybridized carbons (Fsp3) is 0.333. The van der Waals surface area contributed by atoms with Crippen molar-refractivity contribution >= 4 is 34.9 Å². The van der Waals surface area contributed by atoms with E-state index in [2.05, 4.69) is 10.5 Å². The summed E-state index contributed by atoms with van der Waals surface area (Å²) in [5.74, 6) is -0.475. The first-order valence-electron chi connectivity index (χ1n) is 5.59. The molecular formula is C12H15Cl2N3O2. The molecule has 0 fully saturated rings. The maximum atomic E-state index is 12.1. The van der Waals surface area contributed by atoms with Crippen molar-refractivity contribution in [3.05, 3.63) is 33.8 Å². The summed E-state index contributed by atoms with van der Waals surface area (Å²) in [6, 6.07) is 4.51. The molecule has 0 bridgehead atoms. The van der Waals surface area contributed by atoms with Gasteiger partial charge in [-0.2, -0.15) is 0 Å². The molecule has 0 aliphatic carbocycles. The summed E-state index contributed by atoms with van der Waals surface area (Å²) in [5, 5.41) is 15.1. The van der Waals surface area contributed by atoms with E-state index in [1.54, 1.807) is 6.92 Å². The SMILES string of the molecule is CCC(C)(NC(=O)c1cc(Cl)cc(Cl)c1)/C(N)=N/O. The summed E-state index contributed by atoms with van der Waals surface area (Å²) in [7, 11) is 0. The summed E-state index contributed by atoms with van der Waals surface area (Å²) < 4.78 is 0. The molecule has 4 N–H and O–H groups in total. The van der Waals surface area contributed by atoms with Crippen LogP contribution in [0.5, 0.6) is 0 Å². The molecule has 0 aliphatic heterocycles. The molecule has 7 heteroatoms. The molecule has 0 saturated heterocycles. The zero-order chi connectivity index (χ0) is 14.6. The number of carbonyl (C=O) groups excluding carboxylic acids is 1. The second kappa shape index (κ2) is 6.12. The zero-order valence-corrected chi connectivity index (χ0v) is 12.1. The Labute approximate surface area is 121 Å². The summed E-state index contributed by atoms with van der Waals surface area (Å²) in [5.41, 5.74) is 4.95. The van der Waals surface area contributed by atoms with Crippen LogP contribution in [-0.4, -0.2) is 22.5 Å². The molecule has 1 aromatic carbocycles. The monoisotopic (exact) mass is 303 g/mol. The number of nitrogens with two attached hydrogens (primary N) is 1. The van der Waals surface area contributed by atoms with Gasteiger partial charge >= 0.3 is 0 Å². The molecule has 0 saturated carbocycles. The number of nitrogens with one attached hydrogen (secondary N) is 1. The van der Waals surface area contributed by atoms with E-state index in [-0.39, 0.29) is 5.84 Å². The first-order chi connectivity index (χ1) is 8.82. The van der Waals surface area contributed by atoms with E-state index in [1.807, 2.05) is 6.92 Å². The second-order valence-electron chi connectivity index (χ2n) is 4.28. The van der Waals surface area contributed by atoms with Gasteiger partial charge in [0.15, 0.2) is 5.84 Å². The number of nitrogens with zero attached hydrogens (tertiary/aromatic N) is 1. The predicted molar refractivity (Wildman–Crippen MR) is 76.0 cm³/mol. The molecule has 1 unspecified atom stereocenters. The number of hydrogen-bond donors (Lipinski definition) is 3. The number of oxime groups is 1. The fourth-order valence-corrected chi connectivity index (χ4v) is 1.98. The lowest BCUT2D eigenvalue weighted by atomic mass is 9.97. The van der Waals surface area contributed by atoms with Crippen molar-refractivity contribution in [1.82, 2.24) is 5.32 Å². The minimum Gasteiger partial charge on any atom is -0.409 e. The normalized spacial score (nSPS) is 14.8. The maximum Gasteiger partial charge on any atom is 0.252 e. The van der Waals surface area contributed by atoms with Gasteiger partial charge in [0.05, 0.1) is 5.54 Å². The van der Waals surface area contributed by atoms with Crippen molar-refractivity contribution in [2.24, 2.45) is 10.9 Å². The summed E-state index contributed by atoms with van der Waals surface area (Å²) in [4.78, 5) is 12.1. The van der Waals surface area contributed by atoms with E-state index in [0.717, 1.165) is 0 Å². The topological polar surface area (TPSA) is 87.7 Å². The number of halogens is 2. The molecule has 104 valence electrons. The molecular weight excluding hydrogens is 289 g/mol. The van der Waals surface area contributed by atoms with Crippen LogP contribution in [0.1, 0.15) is 30.6 Å². The number of hydrogen-bond acceptors (Lipinski definition) is 3. The van der Waals surface area contributed by atoms with Crippen LogP contribution in [0.25, 0.3) is 0 Å². The Morgan fingerprint density at radius 3 is 2.37 bits per heavy atom. The van der Waals surface area contributed by atoms with Crippen molar-refractivity contribution in [3.8, 4) is 0 Å². The Bertz CT molecular complexity index is 499. The first-order valence-corrected chi connectivity index (χ1v) is 6.34. The lowest BCUT2D eigenvalue weighted by Crippen LogP contribution is -2.55. The van der Waals surface area contributed by atoms with Gasteiger partial charge < -0.3 is 16.3 Å². The van der Waals surface area contributed by atoms with Gasteiger partial charge in [0, 0.05) is 15.6 Å². The average Bonchev–Trinajstić information content (AvgIpc) is 2.36. The zero-order valence-electron chi connectivity index (χ0n) is 10.6. The molecule has 1 aromatic rings. The molecule has 5 nitrogen and oxygen atoms in total. The van der Waals surface area contributed by atoms with Crippen LogP contribution in [0.3, 0.4) is 0 Å². The van der Waals surface area contributed by atoms with Crippen LogP contribution in [0, 0.1) is 0 Å². The van der Waals surface area contributed by atoms with Crippen LogP contribution in [-0.2, 0) is 0 Å². The number of benzene rings is 1. The molecule has 0 heterocycles. The quantitative estimate of drug-likeness (QED) is 0.346. The summed E-state index contributed by atoms with van der Waals surface area (Å²) in [6.07, 6.45) is 0.461. The first kappa shape index (κ1) is 15.6. The third-order valence-electron chi connectivity index (χ3n) is 2.89. The fourth-order valence-electron chi connectivity index (χ4n) is 1.45. The van der Waals surface area contributed by atoms with Crippen molar-refractivity contribution in [2.75, 3.05) is 0 Å². The Morgan fingerprint density at radius 2 is 1.95 bits per heavy atom. The lowest BCUT2D eigenvalue weighted by Gasteiger charge is -2.28. The van der Waals surface area contributed by atoms with Gasteiger partial charge in [0.25, 0.3) is 5.91 Å². The highest BCUT2D eigenvalue weighted by Gasteiger charge is 2.30. The van der Waals surface area contributed by atoms with E-state index in [9.17, 15) is 4.79 Å². The number of amides is 1. The summed E-state index contributed by atoms with van der Waals surface area (Å²) in [6.45, 7) is 3.47. The van der Waals surface area contributed by atoms with E-state index >= 15 is 0 Å². The van der Waals surface area contributed by atoms with Crippen molar-refractivity contribution < 1.29 is 10.0 Å². The summed E-state index contributed by atoms with van der Waals surface area (Å²) >= 11 is 11.7. The van der Waals surface area contributed by atoms with Crippen LogP contribution >= 0.6 is 23.2 Å². The maximum absolute atomic E-state index is 12.1. The molecule has 0 aliphatic rings. The average molecular weight is 304 g/mol. The second-order valence-corrected chi connectivity index (χ2v) is 5.16. The van der Waals surface area contributed by atoms with Crippen LogP contribution < -0.4 is 11.1 Å². The van der Waals surface area contributed by atoms with E-state index in [1.165, 1.54) is 18.2 Å². The molecule has 0 spiro atoms. The van der Waals surface area contributed by atoms with E-state index in [4.69, 9.17) is 34.1 Å². The molecule has 0 radical (unpaired) electrons. The Morgan fingerprint density at radius 1 is 1.42 bits per heavy atom. The van der Waals surface area contributed by atoms with Gasteiger partial charge in [-0.15, -0.1) is 0 Å². The van der Waals surface area contributed by atoms with Crippen LogP contribution in [0.4, 0.5) is 0 Å². The highest BCUT2D eigenvalue weighted by atomic mass is 35.5. The van der Waals surface area contributed by atoms with Gasteiger partial charge in [-0.25, -0.2) is 0 Å². The minimum atomic E-state index is -0.944. The Balaban J connectivity index is 3.01. The molecule has 1 atom stereocenters. The lowest BCUT2D eigenvalue weighted by molar-refractivity contribution is 0.0925. The van der Waals surface area contributed by atoms with Gasteiger partial charge in [0.2, 0.25) is 0 Å². The largest absolute Gasteiger partial charge is 0.409 e. The number of rotatable bonds is 4. The number of carbonyl (C=O) groups is 1. The van der Waals surface area contributed by atoms with Gasteiger partial charge in [-0.1, -0.05) is 35.3 Å². The minimum absolute atomic E-state index is 0.0727. The van der Waals surface area contributed by atoms with Crippen LogP contribution in [0.15, 0.2) is 23.4 Å². The molecule has 1 amide bonds. The van der Waals surface area contributed by atoms with Crippen molar-refractivity contribution in [3.63, 3.8) is 0 Å². The third-order valence-corrected chi connectivity index (χ3v) is 3.33. The van der Waals surface area contributed by atoms with Crippen molar-refractivity contribution in [2.45, 2.75) is 25.8 Å². The molecule has 19 heavy (non-hydrogen) atoms. The molecule has 1 rings (SSSR count). The highest BCUT2D eigenvalue weighted by molar-refractivity contribution is 6.35. The number of amidine groups is 1. The van der Waals surface area contributed by atoms with Crippen LogP contribution in [0.2, 0.25) is 10.0 Å². The Kier molecular flexibility index (Phi) is 5.03. The standard InChI is InChI=1S/C12H15Cl2N3O2/c1-3-12(2,11(15)17-19)16-10(18)7-4-8(13)6-9(14)5-7/h4-6,19H,3H2,1-2H3,(H2,15,17)(H,16,18). The van der Waals surface area contributed by atoms with Crippen molar-refractivity contribution in [1.29, 1.82) is 0 Å². The van der Waals surface area contributed by atoms with E-state index < -0.39 is 11.4 Å². The molecule has 0 aromatic heterocycles. The van der Waals surface area contributed by atoms with Gasteiger partial charge in [0.1, 0.15) is 0 Å². The van der Waals surface area contributed by atoms with Gasteiger partial charge in [-0.3, -0.25) is 4.79 Å².